The topological polar surface area (TPSA) is 35.8 Å². The van der Waals surface area contributed by atoms with Gasteiger partial charge in [-0.25, -0.2) is 4.39 Å². The Balaban J connectivity index is 2.36. The molecule has 0 aliphatic rings. The molecule has 0 amide bonds. The Morgan fingerprint density at radius 3 is 2.71 bits per heavy atom. The third kappa shape index (κ3) is 2.83. The molecule has 2 aromatic carbocycles. The van der Waals surface area contributed by atoms with Crippen molar-refractivity contribution in [3.05, 3.63) is 58.3 Å². The first-order valence-corrected chi connectivity index (χ1v) is 5.70. The number of benzene rings is 2. The van der Waals surface area contributed by atoms with Gasteiger partial charge in [0.1, 0.15) is 11.9 Å². The Morgan fingerprint density at radius 1 is 1.18 bits per heavy atom. The molecular weight excluding hydrogens is 283 g/mol. The minimum Gasteiger partial charge on any atom is -0.354 e. The fourth-order valence-electron chi connectivity index (χ4n) is 1.44. The van der Waals surface area contributed by atoms with Crippen LogP contribution in [0.4, 0.5) is 15.8 Å². The first-order chi connectivity index (χ1) is 8.19. The molecule has 2 aromatic rings. The summed E-state index contributed by atoms with van der Waals surface area (Å²) in [5, 5.41) is 12.0. The summed E-state index contributed by atoms with van der Waals surface area (Å²) in [6.07, 6.45) is 0. The standard InChI is InChI=1S/C13H8BrFN2/c14-10-5-4-9(8-16)13(6-10)17-12-3-1-2-11(15)7-12/h1-7,17H. The Labute approximate surface area is 107 Å². The summed E-state index contributed by atoms with van der Waals surface area (Å²) in [4.78, 5) is 0. The van der Waals surface area contributed by atoms with Crippen LogP contribution in [0.15, 0.2) is 46.9 Å². The second-order valence-corrected chi connectivity index (χ2v) is 4.35. The highest BCUT2D eigenvalue weighted by Gasteiger charge is 2.03. The molecule has 0 atom stereocenters. The van der Waals surface area contributed by atoms with Gasteiger partial charge in [0, 0.05) is 10.2 Å². The SMILES string of the molecule is N#Cc1ccc(Br)cc1Nc1cccc(F)c1. The largest absolute Gasteiger partial charge is 0.354 e. The van der Waals surface area contributed by atoms with E-state index in [2.05, 4.69) is 27.3 Å². The molecule has 4 heteroatoms. The molecule has 1 N–H and O–H groups in total. The fourth-order valence-corrected chi connectivity index (χ4v) is 1.80. The van der Waals surface area contributed by atoms with E-state index >= 15 is 0 Å². The number of rotatable bonds is 2. The highest BCUT2D eigenvalue weighted by molar-refractivity contribution is 9.10. The predicted molar refractivity (Wildman–Crippen MR) is 68.5 cm³/mol. The van der Waals surface area contributed by atoms with Crippen LogP contribution < -0.4 is 5.32 Å². The Morgan fingerprint density at radius 2 is 2.00 bits per heavy atom. The van der Waals surface area contributed by atoms with Gasteiger partial charge in [0.15, 0.2) is 0 Å². The van der Waals surface area contributed by atoms with Crippen LogP contribution in [0.3, 0.4) is 0 Å². The smallest absolute Gasteiger partial charge is 0.125 e. The normalized spacial score (nSPS) is 9.71. The van der Waals surface area contributed by atoms with Gasteiger partial charge in [0.05, 0.1) is 11.3 Å². The third-order valence-electron chi connectivity index (χ3n) is 2.21. The lowest BCUT2D eigenvalue weighted by atomic mass is 10.2. The van der Waals surface area contributed by atoms with Crippen LogP contribution in [0.2, 0.25) is 0 Å². The van der Waals surface area contributed by atoms with Crippen molar-refractivity contribution < 1.29 is 4.39 Å². The summed E-state index contributed by atoms with van der Waals surface area (Å²) >= 11 is 3.33. The van der Waals surface area contributed by atoms with Crippen molar-refractivity contribution in [3.8, 4) is 6.07 Å². The molecule has 0 unspecified atom stereocenters. The summed E-state index contributed by atoms with van der Waals surface area (Å²) in [6, 6.07) is 13.5. The van der Waals surface area contributed by atoms with E-state index in [0.29, 0.717) is 16.9 Å². The average molecular weight is 291 g/mol. The van der Waals surface area contributed by atoms with Gasteiger partial charge in [-0.2, -0.15) is 5.26 Å². The van der Waals surface area contributed by atoms with Crippen LogP contribution in [-0.2, 0) is 0 Å². The molecule has 0 radical (unpaired) electrons. The average Bonchev–Trinajstić information content (AvgIpc) is 2.29. The molecule has 2 rings (SSSR count). The first-order valence-electron chi connectivity index (χ1n) is 4.91. The number of nitrogens with one attached hydrogen (secondary N) is 1. The van der Waals surface area contributed by atoms with Crippen molar-refractivity contribution in [2.45, 2.75) is 0 Å². The van der Waals surface area contributed by atoms with Crippen LogP contribution in [0.25, 0.3) is 0 Å². The molecule has 2 nitrogen and oxygen atoms in total. The van der Waals surface area contributed by atoms with Gasteiger partial charge in [-0.05, 0) is 36.4 Å². The van der Waals surface area contributed by atoms with Gasteiger partial charge < -0.3 is 5.32 Å². The molecule has 17 heavy (non-hydrogen) atoms. The van der Waals surface area contributed by atoms with Crippen molar-refractivity contribution >= 4 is 27.3 Å². The zero-order valence-corrected chi connectivity index (χ0v) is 10.3. The van der Waals surface area contributed by atoms with Gasteiger partial charge in [0.2, 0.25) is 0 Å². The number of anilines is 2. The number of hydrogen-bond acceptors (Lipinski definition) is 2. The van der Waals surface area contributed by atoms with Crippen LogP contribution in [0, 0.1) is 17.1 Å². The molecule has 0 aliphatic carbocycles. The second kappa shape index (κ2) is 4.98. The van der Waals surface area contributed by atoms with E-state index in [1.54, 1.807) is 30.3 Å². The maximum atomic E-state index is 13.0. The minimum absolute atomic E-state index is 0.316. The highest BCUT2D eigenvalue weighted by Crippen LogP contribution is 2.24. The second-order valence-electron chi connectivity index (χ2n) is 3.44. The summed E-state index contributed by atoms with van der Waals surface area (Å²) in [6.45, 7) is 0. The van der Waals surface area contributed by atoms with Gasteiger partial charge >= 0.3 is 0 Å². The van der Waals surface area contributed by atoms with E-state index < -0.39 is 0 Å². The highest BCUT2D eigenvalue weighted by atomic mass is 79.9. The van der Waals surface area contributed by atoms with Crippen molar-refractivity contribution in [1.29, 1.82) is 5.26 Å². The zero-order chi connectivity index (χ0) is 12.3. The van der Waals surface area contributed by atoms with Gasteiger partial charge in [-0.15, -0.1) is 0 Å². The van der Waals surface area contributed by atoms with E-state index in [1.807, 2.05) is 0 Å². The predicted octanol–water partition coefficient (Wildman–Crippen LogP) is 4.20. The lowest BCUT2D eigenvalue weighted by molar-refractivity contribution is 0.628. The van der Waals surface area contributed by atoms with Crippen molar-refractivity contribution in [1.82, 2.24) is 0 Å². The first kappa shape index (κ1) is 11.6. The Hall–Kier alpha value is -1.86. The molecule has 0 saturated carbocycles. The molecule has 0 aromatic heterocycles. The molecule has 84 valence electrons. The lowest BCUT2D eigenvalue weighted by Crippen LogP contribution is -1.94. The molecule has 0 heterocycles. The van der Waals surface area contributed by atoms with Gasteiger partial charge in [-0.3, -0.25) is 0 Å². The summed E-state index contributed by atoms with van der Waals surface area (Å²) in [5.41, 5.74) is 1.77. The van der Waals surface area contributed by atoms with E-state index in [1.165, 1.54) is 12.1 Å². The van der Waals surface area contributed by atoms with Gasteiger partial charge in [0.25, 0.3) is 0 Å². The Bertz CT molecular complexity index is 590. The lowest BCUT2D eigenvalue weighted by Gasteiger charge is -2.08. The van der Waals surface area contributed by atoms with Crippen LogP contribution in [0.1, 0.15) is 5.56 Å². The maximum Gasteiger partial charge on any atom is 0.125 e. The molecule has 0 aliphatic heterocycles. The minimum atomic E-state index is -0.316. The van der Waals surface area contributed by atoms with Crippen molar-refractivity contribution in [2.24, 2.45) is 0 Å². The zero-order valence-electron chi connectivity index (χ0n) is 8.74. The number of hydrogen-bond donors (Lipinski definition) is 1. The molecule has 0 bridgehead atoms. The van der Waals surface area contributed by atoms with Crippen LogP contribution >= 0.6 is 15.9 Å². The van der Waals surface area contributed by atoms with Crippen molar-refractivity contribution in [3.63, 3.8) is 0 Å². The van der Waals surface area contributed by atoms with E-state index in [9.17, 15) is 4.39 Å². The van der Waals surface area contributed by atoms with E-state index in [4.69, 9.17) is 5.26 Å². The van der Waals surface area contributed by atoms with E-state index in [0.717, 1.165) is 4.47 Å². The van der Waals surface area contributed by atoms with Gasteiger partial charge in [-0.1, -0.05) is 22.0 Å². The maximum absolute atomic E-state index is 13.0. The van der Waals surface area contributed by atoms with E-state index in [-0.39, 0.29) is 5.82 Å². The third-order valence-corrected chi connectivity index (χ3v) is 2.70. The monoisotopic (exact) mass is 290 g/mol. The fraction of sp³-hybridized carbons (Fsp3) is 0. The molecule has 0 spiro atoms. The molecular formula is C13H8BrFN2. The number of nitriles is 1. The Kier molecular flexibility index (Phi) is 3.40. The number of nitrogens with zero attached hydrogens (tertiary/aromatic N) is 1. The quantitative estimate of drug-likeness (QED) is 0.900. The van der Waals surface area contributed by atoms with Crippen LogP contribution in [0.5, 0.6) is 0 Å². The number of halogens is 2. The summed E-state index contributed by atoms with van der Waals surface area (Å²) in [5.74, 6) is -0.316. The molecule has 0 fully saturated rings. The summed E-state index contributed by atoms with van der Waals surface area (Å²) in [7, 11) is 0. The van der Waals surface area contributed by atoms with Crippen molar-refractivity contribution in [2.75, 3.05) is 5.32 Å². The van der Waals surface area contributed by atoms with Crippen LogP contribution in [-0.4, -0.2) is 0 Å². The molecule has 0 saturated heterocycles. The summed E-state index contributed by atoms with van der Waals surface area (Å²) < 4.78 is 13.9.